The van der Waals surface area contributed by atoms with Crippen LogP contribution in [0.1, 0.15) is 62.3 Å². The molecule has 1 aromatic carbocycles. The number of aliphatic hydroxyl groups is 1. The second kappa shape index (κ2) is 5.14. The van der Waals surface area contributed by atoms with Gasteiger partial charge in [-0.25, -0.2) is 0 Å². The van der Waals surface area contributed by atoms with Crippen molar-refractivity contribution < 1.29 is 10.2 Å². The highest BCUT2D eigenvalue weighted by atomic mass is 16.3. The number of phenolic OH excluding ortho intramolecular Hbond substituents is 1. The van der Waals surface area contributed by atoms with Gasteiger partial charge in [-0.05, 0) is 49.8 Å². The SMILES string of the molecule is CCC(C)(O)CNC1CC(C)c2c(C)ccc(O)c21. The number of hydrogen-bond acceptors (Lipinski definition) is 3. The molecule has 0 saturated heterocycles. The zero-order valence-corrected chi connectivity index (χ0v) is 12.3. The lowest BCUT2D eigenvalue weighted by molar-refractivity contribution is 0.0526. The molecule has 0 spiro atoms. The molecule has 3 N–H and O–H groups in total. The Kier molecular flexibility index (Phi) is 3.88. The summed E-state index contributed by atoms with van der Waals surface area (Å²) < 4.78 is 0. The molecule has 19 heavy (non-hydrogen) atoms. The Hall–Kier alpha value is -1.06. The quantitative estimate of drug-likeness (QED) is 0.782. The van der Waals surface area contributed by atoms with E-state index in [2.05, 4.69) is 19.2 Å². The Balaban J connectivity index is 2.22. The van der Waals surface area contributed by atoms with Gasteiger partial charge in [-0.1, -0.05) is 19.9 Å². The van der Waals surface area contributed by atoms with Crippen molar-refractivity contribution in [3.63, 3.8) is 0 Å². The van der Waals surface area contributed by atoms with Crippen molar-refractivity contribution >= 4 is 0 Å². The van der Waals surface area contributed by atoms with Gasteiger partial charge in [0.1, 0.15) is 5.75 Å². The van der Waals surface area contributed by atoms with Crippen LogP contribution in [0.15, 0.2) is 12.1 Å². The summed E-state index contributed by atoms with van der Waals surface area (Å²) in [4.78, 5) is 0. The summed E-state index contributed by atoms with van der Waals surface area (Å²) in [6, 6.07) is 3.90. The van der Waals surface area contributed by atoms with E-state index in [4.69, 9.17) is 0 Å². The molecule has 3 nitrogen and oxygen atoms in total. The highest BCUT2D eigenvalue weighted by Gasteiger charge is 2.33. The molecular formula is C16H25NO2. The van der Waals surface area contributed by atoms with Gasteiger partial charge < -0.3 is 15.5 Å². The standard InChI is InChI=1S/C16H25NO2/c1-5-16(4,19)9-17-12-8-11(3)14-10(2)6-7-13(18)15(12)14/h6-7,11-12,17-19H,5,8-9H2,1-4H3. The lowest BCUT2D eigenvalue weighted by Crippen LogP contribution is -2.38. The minimum atomic E-state index is -0.689. The molecule has 106 valence electrons. The first-order valence-corrected chi connectivity index (χ1v) is 7.14. The molecule has 0 heterocycles. The van der Waals surface area contributed by atoms with Gasteiger partial charge in [0.2, 0.25) is 0 Å². The molecule has 0 saturated carbocycles. The maximum Gasteiger partial charge on any atom is 0.120 e. The van der Waals surface area contributed by atoms with Crippen LogP contribution in [0, 0.1) is 6.92 Å². The van der Waals surface area contributed by atoms with E-state index in [9.17, 15) is 10.2 Å². The van der Waals surface area contributed by atoms with E-state index in [1.807, 2.05) is 19.9 Å². The largest absolute Gasteiger partial charge is 0.508 e. The van der Waals surface area contributed by atoms with Crippen molar-refractivity contribution in [2.24, 2.45) is 0 Å². The minimum Gasteiger partial charge on any atom is -0.508 e. The Morgan fingerprint density at radius 2 is 2.05 bits per heavy atom. The monoisotopic (exact) mass is 263 g/mol. The van der Waals surface area contributed by atoms with E-state index in [1.54, 1.807) is 6.07 Å². The first kappa shape index (κ1) is 14.4. The lowest BCUT2D eigenvalue weighted by atomic mass is 9.97. The molecule has 1 aliphatic rings. The second-order valence-electron chi connectivity index (χ2n) is 6.15. The number of rotatable bonds is 4. The number of hydrogen-bond donors (Lipinski definition) is 3. The third-order valence-corrected chi connectivity index (χ3v) is 4.40. The highest BCUT2D eigenvalue weighted by molar-refractivity contribution is 5.50. The summed E-state index contributed by atoms with van der Waals surface area (Å²) in [7, 11) is 0. The molecule has 2 rings (SSSR count). The van der Waals surface area contributed by atoms with Crippen LogP contribution in [0.3, 0.4) is 0 Å². The van der Waals surface area contributed by atoms with Crippen LogP contribution in [0.25, 0.3) is 0 Å². The van der Waals surface area contributed by atoms with Crippen LogP contribution in [0.5, 0.6) is 5.75 Å². The fourth-order valence-corrected chi connectivity index (χ4v) is 3.00. The van der Waals surface area contributed by atoms with Crippen LogP contribution in [0.4, 0.5) is 0 Å². The molecule has 3 atom stereocenters. The smallest absolute Gasteiger partial charge is 0.120 e. The van der Waals surface area contributed by atoms with Crippen LogP contribution in [0.2, 0.25) is 0 Å². The van der Waals surface area contributed by atoms with Crippen LogP contribution in [-0.4, -0.2) is 22.4 Å². The van der Waals surface area contributed by atoms with Gasteiger partial charge in [0, 0.05) is 18.2 Å². The predicted octanol–water partition coefficient (Wildman–Crippen LogP) is 3.00. The average molecular weight is 263 g/mol. The lowest BCUT2D eigenvalue weighted by Gasteiger charge is -2.25. The Morgan fingerprint density at radius 1 is 1.37 bits per heavy atom. The zero-order valence-electron chi connectivity index (χ0n) is 12.3. The molecule has 0 amide bonds. The molecule has 0 radical (unpaired) electrons. The van der Waals surface area contributed by atoms with Crippen molar-refractivity contribution in [2.45, 2.75) is 58.1 Å². The van der Waals surface area contributed by atoms with E-state index < -0.39 is 5.60 Å². The molecular weight excluding hydrogens is 238 g/mol. The number of fused-ring (bicyclic) bond motifs is 1. The van der Waals surface area contributed by atoms with Gasteiger partial charge >= 0.3 is 0 Å². The fraction of sp³-hybridized carbons (Fsp3) is 0.625. The number of aromatic hydroxyl groups is 1. The molecule has 0 aliphatic heterocycles. The van der Waals surface area contributed by atoms with E-state index in [0.717, 1.165) is 18.4 Å². The molecule has 3 heteroatoms. The normalized spacial score (nSPS) is 25.1. The summed E-state index contributed by atoms with van der Waals surface area (Å²) in [6.07, 6.45) is 1.70. The summed E-state index contributed by atoms with van der Waals surface area (Å²) in [5.41, 5.74) is 2.85. The maximum atomic E-state index is 10.1. The second-order valence-corrected chi connectivity index (χ2v) is 6.15. The number of benzene rings is 1. The van der Waals surface area contributed by atoms with Gasteiger partial charge in [-0.2, -0.15) is 0 Å². The van der Waals surface area contributed by atoms with Crippen molar-refractivity contribution in [2.75, 3.05) is 6.54 Å². The van der Waals surface area contributed by atoms with Gasteiger partial charge in [0.15, 0.2) is 0 Å². The number of phenols is 1. The highest BCUT2D eigenvalue weighted by Crippen LogP contribution is 2.45. The third kappa shape index (κ3) is 2.77. The van der Waals surface area contributed by atoms with Crippen LogP contribution >= 0.6 is 0 Å². The van der Waals surface area contributed by atoms with Crippen LogP contribution < -0.4 is 5.32 Å². The third-order valence-electron chi connectivity index (χ3n) is 4.40. The number of nitrogens with one attached hydrogen (secondary N) is 1. The van der Waals surface area contributed by atoms with E-state index in [-0.39, 0.29) is 6.04 Å². The van der Waals surface area contributed by atoms with E-state index >= 15 is 0 Å². The molecule has 1 aromatic rings. The average Bonchev–Trinajstić information content (AvgIpc) is 2.70. The predicted molar refractivity (Wildman–Crippen MR) is 77.5 cm³/mol. The van der Waals surface area contributed by atoms with Gasteiger partial charge in [0.05, 0.1) is 5.60 Å². The maximum absolute atomic E-state index is 10.1. The van der Waals surface area contributed by atoms with Gasteiger partial charge in [-0.15, -0.1) is 0 Å². The molecule has 3 unspecified atom stereocenters. The minimum absolute atomic E-state index is 0.142. The van der Waals surface area contributed by atoms with E-state index in [1.165, 1.54) is 11.1 Å². The first-order chi connectivity index (χ1) is 8.85. The topological polar surface area (TPSA) is 52.5 Å². The summed E-state index contributed by atoms with van der Waals surface area (Å²) in [5, 5.41) is 23.6. The van der Waals surface area contributed by atoms with Crippen molar-refractivity contribution in [3.8, 4) is 5.75 Å². The summed E-state index contributed by atoms with van der Waals surface area (Å²) >= 11 is 0. The summed E-state index contributed by atoms with van der Waals surface area (Å²) in [5.74, 6) is 0.824. The molecule has 0 aromatic heterocycles. The first-order valence-electron chi connectivity index (χ1n) is 7.14. The number of aryl methyl sites for hydroxylation is 1. The fourth-order valence-electron chi connectivity index (χ4n) is 3.00. The van der Waals surface area contributed by atoms with Crippen LogP contribution in [-0.2, 0) is 0 Å². The Labute approximate surface area is 115 Å². The van der Waals surface area contributed by atoms with Crippen molar-refractivity contribution in [1.29, 1.82) is 0 Å². The van der Waals surface area contributed by atoms with Crippen molar-refractivity contribution in [1.82, 2.24) is 5.32 Å². The summed E-state index contributed by atoms with van der Waals surface area (Å²) in [6.45, 7) is 8.67. The Morgan fingerprint density at radius 3 is 2.68 bits per heavy atom. The molecule has 0 bridgehead atoms. The zero-order chi connectivity index (χ0) is 14.2. The molecule has 0 fully saturated rings. The van der Waals surface area contributed by atoms with Crippen molar-refractivity contribution in [3.05, 3.63) is 28.8 Å². The van der Waals surface area contributed by atoms with E-state index in [0.29, 0.717) is 18.2 Å². The van der Waals surface area contributed by atoms with Gasteiger partial charge in [-0.3, -0.25) is 0 Å². The Bertz CT molecular complexity index is 468. The van der Waals surface area contributed by atoms with Gasteiger partial charge in [0.25, 0.3) is 0 Å². The molecule has 1 aliphatic carbocycles.